The zero-order valence-corrected chi connectivity index (χ0v) is 15.2. The molecule has 0 aromatic rings. The number of hydrogen-bond donors (Lipinski definition) is 2. The molecule has 1 aliphatic carbocycles. The molecule has 0 aromatic heterocycles. The van der Waals surface area contributed by atoms with Gasteiger partial charge in [-0.2, -0.15) is 0 Å². The smallest absolute Gasteiger partial charge is 0.190 e. The summed E-state index contributed by atoms with van der Waals surface area (Å²) in [6.45, 7) is 6.35. The van der Waals surface area contributed by atoms with Gasteiger partial charge in [0.1, 0.15) is 0 Å². The van der Waals surface area contributed by atoms with Crippen molar-refractivity contribution in [2.75, 3.05) is 40.0 Å². The minimum absolute atomic E-state index is 0.519. The highest BCUT2D eigenvalue weighted by atomic mass is 16.5. The Kier molecular flexibility index (Phi) is 13.0. The van der Waals surface area contributed by atoms with Crippen molar-refractivity contribution >= 4 is 5.96 Å². The van der Waals surface area contributed by atoms with Gasteiger partial charge in [0.05, 0.1) is 6.10 Å². The Morgan fingerprint density at radius 1 is 0.957 bits per heavy atom. The van der Waals surface area contributed by atoms with Gasteiger partial charge in [0.15, 0.2) is 5.96 Å². The van der Waals surface area contributed by atoms with Gasteiger partial charge in [-0.3, -0.25) is 4.99 Å². The van der Waals surface area contributed by atoms with E-state index in [0.717, 1.165) is 58.1 Å². The van der Waals surface area contributed by atoms with Crippen LogP contribution < -0.4 is 10.6 Å². The third kappa shape index (κ3) is 11.4. The van der Waals surface area contributed by atoms with Gasteiger partial charge in [-0.25, -0.2) is 0 Å². The molecule has 0 radical (unpaired) electrons. The first-order chi connectivity index (χ1) is 11.4. The Labute approximate surface area is 142 Å². The number of nitrogens with zero attached hydrogens (tertiary/aromatic N) is 1. The molecule has 0 unspecified atom stereocenters. The molecule has 1 saturated carbocycles. The van der Waals surface area contributed by atoms with E-state index >= 15 is 0 Å². The summed E-state index contributed by atoms with van der Waals surface area (Å²) in [6, 6.07) is 0. The second kappa shape index (κ2) is 14.8. The van der Waals surface area contributed by atoms with Crippen LogP contribution in [0.25, 0.3) is 0 Å². The van der Waals surface area contributed by atoms with Crippen LogP contribution in [0.5, 0.6) is 0 Å². The van der Waals surface area contributed by atoms with Crippen molar-refractivity contribution in [1.29, 1.82) is 0 Å². The lowest BCUT2D eigenvalue weighted by Gasteiger charge is -2.15. The maximum Gasteiger partial charge on any atom is 0.190 e. The number of ether oxygens (including phenoxy) is 2. The Hall–Kier alpha value is -0.810. The van der Waals surface area contributed by atoms with Gasteiger partial charge in [0, 0.05) is 40.0 Å². The predicted octanol–water partition coefficient (Wildman–Crippen LogP) is 3.10. The van der Waals surface area contributed by atoms with Crippen LogP contribution in [-0.4, -0.2) is 52.0 Å². The average molecular weight is 328 g/mol. The predicted molar refractivity (Wildman–Crippen MR) is 97.2 cm³/mol. The number of nitrogens with one attached hydrogen (secondary N) is 2. The van der Waals surface area contributed by atoms with Gasteiger partial charge in [-0.05, 0) is 39.0 Å². The van der Waals surface area contributed by atoms with Crippen LogP contribution in [0.3, 0.4) is 0 Å². The molecular formula is C18H37N3O2. The molecule has 1 fully saturated rings. The summed E-state index contributed by atoms with van der Waals surface area (Å²) in [7, 11) is 1.81. The van der Waals surface area contributed by atoms with Crippen LogP contribution in [0.1, 0.15) is 64.7 Å². The van der Waals surface area contributed by atoms with E-state index in [-0.39, 0.29) is 0 Å². The summed E-state index contributed by atoms with van der Waals surface area (Å²) in [5, 5.41) is 6.66. The fourth-order valence-electron chi connectivity index (χ4n) is 2.84. The highest BCUT2D eigenvalue weighted by Gasteiger charge is 2.11. The highest BCUT2D eigenvalue weighted by Crippen LogP contribution is 2.19. The first-order valence-corrected chi connectivity index (χ1v) is 9.50. The lowest BCUT2D eigenvalue weighted by molar-refractivity contribution is 0.0411. The Morgan fingerprint density at radius 2 is 1.65 bits per heavy atom. The van der Waals surface area contributed by atoms with Gasteiger partial charge in [0.25, 0.3) is 0 Å². The molecule has 0 amide bonds. The van der Waals surface area contributed by atoms with Crippen molar-refractivity contribution in [2.45, 2.75) is 70.8 Å². The van der Waals surface area contributed by atoms with Crippen LogP contribution in [-0.2, 0) is 9.47 Å². The van der Waals surface area contributed by atoms with Gasteiger partial charge >= 0.3 is 0 Å². The highest BCUT2D eigenvalue weighted by molar-refractivity contribution is 5.79. The monoisotopic (exact) mass is 327 g/mol. The molecule has 0 bridgehead atoms. The Bertz CT molecular complexity index is 290. The first-order valence-electron chi connectivity index (χ1n) is 9.50. The van der Waals surface area contributed by atoms with E-state index in [4.69, 9.17) is 9.47 Å². The van der Waals surface area contributed by atoms with E-state index in [1.165, 1.54) is 38.5 Å². The number of unbranched alkanes of at least 4 members (excludes halogenated alkanes) is 1. The van der Waals surface area contributed by atoms with Gasteiger partial charge < -0.3 is 20.1 Å². The fraction of sp³-hybridized carbons (Fsp3) is 0.944. The second-order valence-electron chi connectivity index (χ2n) is 6.17. The van der Waals surface area contributed by atoms with Crippen molar-refractivity contribution in [3.05, 3.63) is 0 Å². The van der Waals surface area contributed by atoms with Crippen molar-refractivity contribution in [3.63, 3.8) is 0 Å². The summed E-state index contributed by atoms with van der Waals surface area (Å²) in [5.74, 6) is 0.881. The van der Waals surface area contributed by atoms with E-state index in [1.807, 2.05) is 14.0 Å². The Morgan fingerprint density at radius 3 is 2.30 bits per heavy atom. The molecule has 0 atom stereocenters. The van der Waals surface area contributed by atoms with Crippen molar-refractivity contribution in [2.24, 2.45) is 4.99 Å². The SMILES string of the molecule is CCOCCCNC(=NC)NCCCCOC1CCCCCC1. The maximum absolute atomic E-state index is 6.01. The summed E-state index contributed by atoms with van der Waals surface area (Å²) in [4.78, 5) is 4.23. The third-order valence-corrected chi connectivity index (χ3v) is 4.20. The molecule has 136 valence electrons. The maximum atomic E-state index is 6.01. The average Bonchev–Trinajstić information content (AvgIpc) is 2.84. The van der Waals surface area contributed by atoms with Crippen LogP contribution in [0.15, 0.2) is 4.99 Å². The van der Waals surface area contributed by atoms with Crippen molar-refractivity contribution in [1.82, 2.24) is 10.6 Å². The molecule has 5 nitrogen and oxygen atoms in total. The van der Waals surface area contributed by atoms with Crippen LogP contribution in [0, 0.1) is 0 Å². The molecule has 2 N–H and O–H groups in total. The number of aliphatic imine (C=N–C) groups is 1. The molecular weight excluding hydrogens is 290 g/mol. The molecule has 1 rings (SSSR count). The van der Waals surface area contributed by atoms with Gasteiger partial charge in [-0.1, -0.05) is 25.7 Å². The van der Waals surface area contributed by atoms with Crippen LogP contribution in [0.2, 0.25) is 0 Å². The van der Waals surface area contributed by atoms with Crippen molar-refractivity contribution in [3.8, 4) is 0 Å². The standard InChI is InChI=1S/C18H37N3O2/c1-3-22-15-10-14-21-18(19-2)20-13-8-9-16-23-17-11-6-4-5-7-12-17/h17H,3-16H2,1-2H3,(H2,19,20,21). The van der Waals surface area contributed by atoms with E-state index in [2.05, 4.69) is 15.6 Å². The summed E-state index contributed by atoms with van der Waals surface area (Å²) >= 11 is 0. The lowest BCUT2D eigenvalue weighted by Crippen LogP contribution is -2.38. The summed E-state index contributed by atoms with van der Waals surface area (Å²) in [5.41, 5.74) is 0. The first kappa shape index (κ1) is 20.2. The van der Waals surface area contributed by atoms with Crippen molar-refractivity contribution < 1.29 is 9.47 Å². The molecule has 5 heteroatoms. The molecule has 0 aromatic carbocycles. The van der Waals surface area contributed by atoms with Crippen LogP contribution >= 0.6 is 0 Å². The topological polar surface area (TPSA) is 54.9 Å². The molecule has 0 saturated heterocycles. The third-order valence-electron chi connectivity index (χ3n) is 4.20. The zero-order chi connectivity index (χ0) is 16.6. The zero-order valence-electron chi connectivity index (χ0n) is 15.2. The van der Waals surface area contributed by atoms with E-state index in [0.29, 0.717) is 6.10 Å². The normalized spacial score (nSPS) is 17.0. The molecule has 1 aliphatic rings. The Balaban J connectivity index is 1.93. The summed E-state index contributed by atoms with van der Waals surface area (Å²) in [6.07, 6.45) is 11.7. The lowest BCUT2D eigenvalue weighted by atomic mass is 10.1. The van der Waals surface area contributed by atoms with E-state index in [1.54, 1.807) is 0 Å². The molecule has 0 heterocycles. The van der Waals surface area contributed by atoms with E-state index in [9.17, 15) is 0 Å². The number of guanidine groups is 1. The molecule has 0 aliphatic heterocycles. The van der Waals surface area contributed by atoms with Gasteiger partial charge in [-0.15, -0.1) is 0 Å². The number of rotatable bonds is 11. The summed E-state index contributed by atoms with van der Waals surface area (Å²) < 4.78 is 11.3. The van der Waals surface area contributed by atoms with E-state index < -0.39 is 0 Å². The molecule has 0 spiro atoms. The minimum Gasteiger partial charge on any atom is -0.382 e. The number of hydrogen-bond acceptors (Lipinski definition) is 3. The fourth-order valence-corrected chi connectivity index (χ4v) is 2.84. The largest absolute Gasteiger partial charge is 0.382 e. The van der Waals surface area contributed by atoms with Gasteiger partial charge in [0.2, 0.25) is 0 Å². The molecule has 23 heavy (non-hydrogen) atoms. The second-order valence-corrected chi connectivity index (χ2v) is 6.17. The minimum atomic E-state index is 0.519. The quantitative estimate of drug-likeness (QED) is 0.265. The van der Waals surface area contributed by atoms with Crippen LogP contribution in [0.4, 0.5) is 0 Å².